The van der Waals surface area contributed by atoms with Gasteiger partial charge in [0.1, 0.15) is 0 Å². The van der Waals surface area contributed by atoms with Crippen molar-refractivity contribution in [1.82, 2.24) is 10.2 Å². The van der Waals surface area contributed by atoms with Gasteiger partial charge in [-0.25, -0.2) is 4.90 Å². The summed E-state index contributed by atoms with van der Waals surface area (Å²) < 4.78 is 0. The molecule has 0 bridgehead atoms. The molecule has 1 N–H and O–H groups in total. The molecule has 0 radical (unpaired) electrons. The molecular formula is C46H52N2O5. The summed E-state index contributed by atoms with van der Waals surface area (Å²) in [5.74, 6) is -2.57. The van der Waals surface area contributed by atoms with Crippen LogP contribution in [0.2, 0.25) is 0 Å². The lowest BCUT2D eigenvalue weighted by molar-refractivity contribution is -0.149. The van der Waals surface area contributed by atoms with Gasteiger partial charge < -0.3 is 0 Å². The molecular weight excluding hydrogens is 661 g/mol. The van der Waals surface area contributed by atoms with Crippen LogP contribution in [0.1, 0.15) is 106 Å². The molecule has 276 valence electrons. The fraction of sp³-hybridized carbons (Fsp3) is 0.370. The average molecular weight is 713 g/mol. The van der Waals surface area contributed by atoms with E-state index in [2.05, 4.69) is 67.7 Å². The van der Waals surface area contributed by atoms with E-state index in [0.29, 0.717) is 5.92 Å². The van der Waals surface area contributed by atoms with Crippen LogP contribution >= 0.6 is 0 Å². The molecule has 0 saturated carbocycles. The summed E-state index contributed by atoms with van der Waals surface area (Å²) in [5, 5.41) is 2.52. The fourth-order valence-corrected chi connectivity index (χ4v) is 8.42. The molecule has 2 aliphatic rings. The van der Waals surface area contributed by atoms with Crippen molar-refractivity contribution in [3.05, 3.63) is 144 Å². The van der Waals surface area contributed by atoms with E-state index in [9.17, 15) is 24.0 Å². The number of nitrogens with zero attached hydrogens (tertiary/aromatic N) is 1. The summed E-state index contributed by atoms with van der Waals surface area (Å²) in [4.78, 5) is 62.9. The summed E-state index contributed by atoms with van der Waals surface area (Å²) in [5.41, 5.74) is 4.71. The molecule has 6 rings (SSSR count). The SMILES string of the molecule is CCC(CC(c1ccccc1)C1C(=O)N(C(C)=O)C(=O)C1C)c1ccccc1.CCC(CC(c1ccccc1)C1C(=O)NC(=O)C1C)c1ccccc1. The van der Waals surface area contributed by atoms with Gasteiger partial charge in [0.15, 0.2) is 0 Å². The van der Waals surface area contributed by atoms with Gasteiger partial charge in [0.05, 0.1) is 11.8 Å². The number of hydrogen-bond acceptors (Lipinski definition) is 5. The Hall–Kier alpha value is -5.17. The smallest absolute Gasteiger partial charge is 0.240 e. The fourth-order valence-electron chi connectivity index (χ4n) is 8.42. The Labute approximate surface area is 314 Å². The van der Waals surface area contributed by atoms with Crippen LogP contribution in [0.5, 0.6) is 0 Å². The summed E-state index contributed by atoms with van der Waals surface area (Å²) in [6, 6.07) is 40.8. The molecule has 4 aromatic carbocycles. The van der Waals surface area contributed by atoms with Crippen LogP contribution in [0.15, 0.2) is 121 Å². The van der Waals surface area contributed by atoms with Gasteiger partial charge in [0.25, 0.3) is 0 Å². The third-order valence-corrected chi connectivity index (χ3v) is 11.4. The van der Waals surface area contributed by atoms with E-state index in [4.69, 9.17) is 0 Å². The zero-order valence-corrected chi connectivity index (χ0v) is 31.5. The monoisotopic (exact) mass is 712 g/mol. The number of nitrogens with one attached hydrogen (secondary N) is 1. The molecule has 53 heavy (non-hydrogen) atoms. The van der Waals surface area contributed by atoms with E-state index in [1.54, 1.807) is 6.92 Å². The first-order valence-corrected chi connectivity index (χ1v) is 19.0. The molecule has 0 aromatic heterocycles. The number of likely N-dealkylation sites (tertiary alicyclic amines) is 1. The van der Waals surface area contributed by atoms with E-state index >= 15 is 0 Å². The molecule has 8 unspecified atom stereocenters. The molecule has 8 atom stereocenters. The molecule has 2 fully saturated rings. The minimum atomic E-state index is -0.517. The lowest BCUT2D eigenvalue weighted by Crippen LogP contribution is -2.36. The van der Waals surface area contributed by atoms with Crippen LogP contribution in [0.4, 0.5) is 0 Å². The standard InChI is InChI=1S/C24H27NO3.C22H25NO2/c1-4-18(19-11-7-5-8-12-19)15-21(20-13-9-6-10-14-20)22-16(2)23(27)25(17(3)26)24(22)28;1-3-16(17-10-6-4-7-11-17)14-19(18-12-8-5-9-13-18)20-15(2)21(24)23-22(20)25/h5-14,16,18,21-22H,4,15H2,1-3H3;4-13,15-16,19-20H,3,14H2,1-2H3,(H,23,24,25). The van der Waals surface area contributed by atoms with Gasteiger partial charge in [0, 0.05) is 18.8 Å². The molecule has 2 saturated heterocycles. The maximum absolute atomic E-state index is 13.1. The summed E-state index contributed by atoms with van der Waals surface area (Å²) in [7, 11) is 0. The average Bonchev–Trinajstić information content (AvgIpc) is 3.57. The second kappa shape index (κ2) is 18.0. The van der Waals surface area contributed by atoms with Gasteiger partial charge in [-0.2, -0.15) is 0 Å². The topological polar surface area (TPSA) is 101 Å². The van der Waals surface area contributed by atoms with Crippen LogP contribution in [0.3, 0.4) is 0 Å². The normalized spacial score (nSPS) is 22.0. The number of carbonyl (C=O) groups is 5. The Morgan fingerprint density at radius 3 is 1.25 bits per heavy atom. The first kappa shape index (κ1) is 39.0. The molecule has 4 aromatic rings. The zero-order chi connectivity index (χ0) is 38.1. The summed E-state index contributed by atoms with van der Waals surface area (Å²) in [6.07, 6.45) is 3.56. The van der Waals surface area contributed by atoms with Crippen molar-refractivity contribution in [2.24, 2.45) is 23.7 Å². The number of imide groups is 4. The van der Waals surface area contributed by atoms with Crippen LogP contribution < -0.4 is 5.32 Å². The number of carbonyl (C=O) groups excluding carboxylic acids is 5. The van der Waals surface area contributed by atoms with Gasteiger partial charge in [-0.05, 0) is 71.6 Å². The van der Waals surface area contributed by atoms with Crippen LogP contribution in [0.25, 0.3) is 0 Å². The Morgan fingerprint density at radius 2 is 0.925 bits per heavy atom. The van der Waals surface area contributed by atoms with Gasteiger partial charge in [-0.3, -0.25) is 29.3 Å². The number of rotatable bonds is 12. The highest BCUT2D eigenvalue weighted by atomic mass is 16.2. The second-order valence-corrected chi connectivity index (χ2v) is 14.6. The van der Waals surface area contributed by atoms with E-state index in [1.807, 2.05) is 79.7 Å². The minimum Gasteiger partial charge on any atom is -0.296 e. The van der Waals surface area contributed by atoms with Crippen molar-refractivity contribution < 1.29 is 24.0 Å². The number of benzene rings is 4. The van der Waals surface area contributed by atoms with Gasteiger partial charge in [-0.15, -0.1) is 0 Å². The highest BCUT2D eigenvalue weighted by molar-refractivity contribution is 6.16. The van der Waals surface area contributed by atoms with Crippen LogP contribution in [-0.2, 0) is 24.0 Å². The molecule has 0 aliphatic carbocycles. The second-order valence-electron chi connectivity index (χ2n) is 14.6. The Kier molecular flexibility index (Phi) is 13.3. The van der Waals surface area contributed by atoms with E-state index in [0.717, 1.165) is 41.7 Å². The van der Waals surface area contributed by atoms with Crippen LogP contribution in [0, 0.1) is 23.7 Å². The van der Waals surface area contributed by atoms with Crippen molar-refractivity contribution in [2.75, 3.05) is 0 Å². The van der Waals surface area contributed by atoms with Gasteiger partial charge >= 0.3 is 0 Å². The first-order chi connectivity index (χ1) is 25.6. The van der Waals surface area contributed by atoms with Crippen molar-refractivity contribution in [1.29, 1.82) is 0 Å². The highest BCUT2D eigenvalue weighted by Crippen LogP contribution is 2.44. The Bertz CT molecular complexity index is 1850. The maximum atomic E-state index is 13.1. The lowest BCUT2D eigenvalue weighted by Gasteiger charge is -2.29. The van der Waals surface area contributed by atoms with Crippen LogP contribution in [-0.4, -0.2) is 34.4 Å². The predicted octanol–water partition coefficient (Wildman–Crippen LogP) is 8.78. The minimum absolute atomic E-state index is 0.0350. The molecule has 2 heterocycles. The van der Waals surface area contributed by atoms with Crippen molar-refractivity contribution >= 4 is 29.5 Å². The number of amides is 5. The Morgan fingerprint density at radius 1 is 0.547 bits per heavy atom. The van der Waals surface area contributed by atoms with Crippen molar-refractivity contribution in [3.63, 3.8) is 0 Å². The third kappa shape index (κ3) is 8.90. The Balaban J connectivity index is 0.000000206. The van der Waals surface area contributed by atoms with Gasteiger partial charge in [0.2, 0.25) is 29.5 Å². The highest BCUT2D eigenvalue weighted by Gasteiger charge is 2.51. The largest absolute Gasteiger partial charge is 0.296 e. The molecule has 0 spiro atoms. The van der Waals surface area contributed by atoms with Gasteiger partial charge in [-0.1, -0.05) is 149 Å². The van der Waals surface area contributed by atoms with Crippen molar-refractivity contribution in [2.45, 2.75) is 84.0 Å². The summed E-state index contributed by atoms with van der Waals surface area (Å²) in [6.45, 7) is 9.24. The van der Waals surface area contributed by atoms with E-state index in [1.165, 1.54) is 18.1 Å². The molecule has 5 amide bonds. The predicted molar refractivity (Wildman–Crippen MR) is 208 cm³/mol. The summed E-state index contributed by atoms with van der Waals surface area (Å²) >= 11 is 0. The molecule has 7 nitrogen and oxygen atoms in total. The van der Waals surface area contributed by atoms with Crippen molar-refractivity contribution in [3.8, 4) is 0 Å². The van der Waals surface area contributed by atoms with E-state index < -0.39 is 17.7 Å². The van der Waals surface area contributed by atoms with E-state index in [-0.39, 0.29) is 53.2 Å². The quantitative estimate of drug-likeness (QED) is 0.148. The third-order valence-electron chi connectivity index (χ3n) is 11.4. The first-order valence-electron chi connectivity index (χ1n) is 19.0. The molecule has 7 heteroatoms. The number of hydrogen-bond donors (Lipinski definition) is 1. The zero-order valence-electron chi connectivity index (χ0n) is 31.5. The maximum Gasteiger partial charge on any atom is 0.240 e. The lowest BCUT2D eigenvalue weighted by atomic mass is 9.73. The molecule has 2 aliphatic heterocycles.